The number of halogens is 1. The van der Waals surface area contributed by atoms with Crippen LogP contribution >= 0.6 is 15.9 Å². The Balaban J connectivity index is 1.71. The van der Waals surface area contributed by atoms with Crippen LogP contribution in [0.3, 0.4) is 0 Å². The number of ether oxygens (including phenoxy) is 1. The van der Waals surface area contributed by atoms with E-state index in [2.05, 4.69) is 28.2 Å². The molecule has 0 heterocycles. The molecule has 178 valence electrons. The lowest BCUT2D eigenvalue weighted by molar-refractivity contribution is -0.142. The fraction of sp³-hybridized carbons (Fsp3) is 0.481. The fourth-order valence-electron chi connectivity index (χ4n) is 4.15. The van der Waals surface area contributed by atoms with Gasteiger partial charge in [-0.25, -0.2) is 0 Å². The Morgan fingerprint density at radius 1 is 1.09 bits per heavy atom. The largest absolute Gasteiger partial charge is 0.483 e. The molecule has 1 fully saturated rings. The predicted molar refractivity (Wildman–Crippen MR) is 135 cm³/mol. The normalized spacial score (nSPS) is 15.0. The molecule has 0 aliphatic heterocycles. The van der Waals surface area contributed by atoms with E-state index in [4.69, 9.17) is 4.74 Å². The van der Waals surface area contributed by atoms with E-state index < -0.39 is 6.04 Å². The quantitative estimate of drug-likeness (QED) is 0.476. The van der Waals surface area contributed by atoms with Gasteiger partial charge < -0.3 is 15.0 Å². The first-order valence-corrected chi connectivity index (χ1v) is 12.7. The molecule has 1 aliphatic carbocycles. The Kier molecular flexibility index (Phi) is 9.36. The number of carbonyl (C=O) groups excluding carboxylic acids is 2. The maximum atomic E-state index is 13.3. The first kappa shape index (κ1) is 25.3. The molecule has 1 aliphatic rings. The zero-order valence-corrected chi connectivity index (χ0v) is 21.5. The van der Waals surface area contributed by atoms with Crippen LogP contribution in [0.15, 0.2) is 46.9 Å². The Morgan fingerprint density at radius 3 is 2.39 bits per heavy atom. The highest BCUT2D eigenvalue weighted by molar-refractivity contribution is 9.10. The van der Waals surface area contributed by atoms with Crippen LogP contribution in [0.5, 0.6) is 5.75 Å². The van der Waals surface area contributed by atoms with E-state index in [-0.39, 0.29) is 24.5 Å². The van der Waals surface area contributed by atoms with Gasteiger partial charge in [-0.05, 0) is 72.3 Å². The number of amides is 2. The van der Waals surface area contributed by atoms with Crippen LogP contribution in [0.25, 0.3) is 0 Å². The van der Waals surface area contributed by atoms with Crippen LogP contribution in [0.2, 0.25) is 0 Å². The summed E-state index contributed by atoms with van der Waals surface area (Å²) in [4.78, 5) is 27.9. The molecule has 3 rings (SSSR count). The topological polar surface area (TPSA) is 58.6 Å². The highest BCUT2D eigenvalue weighted by atomic mass is 79.9. The highest BCUT2D eigenvalue weighted by Gasteiger charge is 2.28. The van der Waals surface area contributed by atoms with E-state index in [1.165, 1.54) is 12.0 Å². The van der Waals surface area contributed by atoms with Crippen molar-refractivity contribution in [2.75, 3.05) is 6.61 Å². The van der Waals surface area contributed by atoms with Crippen LogP contribution in [0.1, 0.15) is 62.6 Å². The Hall–Kier alpha value is -2.34. The molecule has 1 atom stereocenters. The minimum Gasteiger partial charge on any atom is -0.483 e. The fourth-order valence-corrected chi connectivity index (χ4v) is 4.69. The zero-order valence-electron chi connectivity index (χ0n) is 19.9. The maximum absolute atomic E-state index is 13.3. The van der Waals surface area contributed by atoms with Gasteiger partial charge in [0.05, 0.1) is 4.47 Å². The van der Waals surface area contributed by atoms with Gasteiger partial charge in [0.2, 0.25) is 5.91 Å². The third kappa shape index (κ3) is 7.32. The molecule has 0 spiro atoms. The third-order valence-corrected chi connectivity index (χ3v) is 6.97. The zero-order chi connectivity index (χ0) is 23.8. The second kappa shape index (κ2) is 12.2. The Morgan fingerprint density at radius 2 is 1.76 bits per heavy atom. The molecule has 2 aromatic carbocycles. The van der Waals surface area contributed by atoms with E-state index in [9.17, 15) is 9.59 Å². The molecule has 1 N–H and O–H groups in total. The van der Waals surface area contributed by atoms with Gasteiger partial charge in [0.15, 0.2) is 6.61 Å². The molecule has 6 heteroatoms. The SMILES string of the molecule is CCc1ccc(OCC(=O)N(Cc2ccc(C)cc2)[C@@H](C)C(=O)NC2CCCCC2)c(Br)c1. The second-order valence-corrected chi connectivity index (χ2v) is 9.79. The highest BCUT2D eigenvalue weighted by Crippen LogP contribution is 2.26. The van der Waals surface area contributed by atoms with Gasteiger partial charge in [-0.2, -0.15) is 0 Å². The molecule has 0 bridgehead atoms. The summed E-state index contributed by atoms with van der Waals surface area (Å²) in [6, 6.07) is 13.5. The summed E-state index contributed by atoms with van der Waals surface area (Å²) < 4.78 is 6.67. The minimum absolute atomic E-state index is 0.101. The summed E-state index contributed by atoms with van der Waals surface area (Å²) >= 11 is 3.53. The number of nitrogens with one attached hydrogen (secondary N) is 1. The molecule has 1 saturated carbocycles. The number of nitrogens with zero attached hydrogens (tertiary/aromatic N) is 1. The number of aryl methyl sites for hydroxylation is 2. The Bertz CT molecular complexity index is 939. The standard InChI is InChI=1S/C27H35BrN2O3/c1-4-21-14-15-25(24(28)16-21)33-18-26(31)30(17-22-12-10-19(2)11-13-22)20(3)27(32)29-23-8-6-5-7-9-23/h10-16,20,23H,4-9,17-18H2,1-3H3,(H,29,32)/t20-/m0/s1. The summed E-state index contributed by atoms with van der Waals surface area (Å²) in [6.45, 7) is 6.15. The van der Waals surface area contributed by atoms with Gasteiger partial charge in [-0.1, -0.05) is 62.1 Å². The average Bonchev–Trinajstić information content (AvgIpc) is 2.82. The van der Waals surface area contributed by atoms with E-state index in [0.29, 0.717) is 12.3 Å². The van der Waals surface area contributed by atoms with Gasteiger partial charge in [0.25, 0.3) is 5.91 Å². The van der Waals surface area contributed by atoms with Crippen molar-refractivity contribution < 1.29 is 14.3 Å². The number of rotatable bonds is 9. The first-order chi connectivity index (χ1) is 15.9. The molecular weight excluding hydrogens is 480 g/mol. The van der Waals surface area contributed by atoms with Crippen molar-refractivity contribution in [1.82, 2.24) is 10.2 Å². The lowest BCUT2D eigenvalue weighted by atomic mass is 9.95. The minimum atomic E-state index is -0.588. The van der Waals surface area contributed by atoms with Gasteiger partial charge in [-0.3, -0.25) is 9.59 Å². The van der Waals surface area contributed by atoms with Crippen LogP contribution in [-0.2, 0) is 22.6 Å². The predicted octanol–water partition coefficient (Wildman–Crippen LogP) is 5.56. The smallest absolute Gasteiger partial charge is 0.261 e. The first-order valence-electron chi connectivity index (χ1n) is 11.9. The second-order valence-electron chi connectivity index (χ2n) is 8.93. The van der Waals surface area contributed by atoms with Gasteiger partial charge in [-0.15, -0.1) is 0 Å². The van der Waals surface area contributed by atoms with Crippen molar-refractivity contribution in [2.24, 2.45) is 0 Å². The van der Waals surface area contributed by atoms with Gasteiger partial charge >= 0.3 is 0 Å². The monoisotopic (exact) mass is 514 g/mol. The number of hydrogen-bond acceptors (Lipinski definition) is 3. The molecule has 2 amide bonds. The van der Waals surface area contributed by atoms with Crippen LogP contribution in [-0.4, -0.2) is 35.4 Å². The molecule has 33 heavy (non-hydrogen) atoms. The van der Waals surface area contributed by atoms with Crippen molar-refractivity contribution in [2.45, 2.75) is 77.9 Å². The van der Waals surface area contributed by atoms with Crippen LogP contribution in [0, 0.1) is 6.92 Å². The maximum Gasteiger partial charge on any atom is 0.261 e. The summed E-state index contributed by atoms with van der Waals surface area (Å²) in [5.41, 5.74) is 3.33. The summed E-state index contributed by atoms with van der Waals surface area (Å²) in [6.07, 6.45) is 6.46. The van der Waals surface area contributed by atoms with Crippen molar-refractivity contribution in [1.29, 1.82) is 0 Å². The van der Waals surface area contributed by atoms with Gasteiger partial charge in [0, 0.05) is 12.6 Å². The van der Waals surface area contributed by atoms with Crippen molar-refractivity contribution in [3.8, 4) is 5.75 Å². The number of benzene rings is 2. The van der Waals surface area contributed by atoms with Crippen LogP contribution < -0.4 is 10.1 Å². The summed E-state index contributed by atoms with van der Waals surface area (Å²) in [7, 11) is 0. The number of carbonyl (C=O) groups is 2. The van der Waals surface area contributed by atoms with E-state index in [1.807, 2.05) is 49.4 Å². The van der Waals surface area contributed by atoms with Crippen molar-refractivity contribution in [3.63, 3.8) is 0 Å². The Labute approximate surface area is 206 Å². The third-order valence-electron chi connectivity index (χ3n) is 6.35. The van der Waals surface area contributed by atoms with Crippen molar-refractivity contribution in [3.05, 3.63) is 63.6 Å². The van der Waals surface area contributed by atoms with Crippen molar-refractivity contribution >= 4 is 27.7 Å². The van der Waals surface area contributed by atoms with E-state index in [0.717, 1.165) is 47.7 Å². The van der Waals surface area contributed by atoms with E-state index in [1.54, 1.807) is 11.8 Å². The molecular formula is C27H35BrN2O3. The van der Waals surface area contributed by atoms with Crippen LogP contribution in [0.4, 0.5) is 0 Å². The molecule has 0 aromatic heterocycles. The molecule has 0 unspecified atom stereocenters. The average molecular weight is 515 g/mol. The number of hydrogen-bond donors (Lipinski definition) is 1. The molecule has 0 radical (unpaired) electrons. The lowest BCUT2D eigenvalue weighted by Gasteiger charge is -2.31. The lowest BCUT2D eigenvalue weighted by Crippen LogP contribution is -2.51. The van der Waals surface area contributed by atoms with E-state index >= 15 is 0 Å². The summed E-state index contributed by atoms with van der Waals surface area (Å²) in [5.74, 6) is 0.305. The molecule has 5 nitrogen and oxygen atoms in total. The van der Waals surface area contributed by atoms with Gasteiger partial charge in [0.1, 0.15) is 11.8 Å². The molecule has 0 saturated heterocycles. The summed E-state index contributed by atoms with van der Waals surface area (Å²) in [5, 5.41) is 3.16. The molecule has 2 aromatic rings.